The Morgan fingerprint density at radius 1 is 1.00 bits per heavy atom. The molecule has 0 heterocycles. The molecule has 0 atom stereocenters. The van der Waals surface area contributed by atoms with Gasteiger partial charge in [-0.15, -0.1) is 0 Å². The molecule has 1 aromatic rings. The van der Waals surface area contributed by atoms with Gasteiger partial charge in [0, 0.05) is 6.92 Å². The number of alkyl halides is 6. The molecule has 0 aliphatic heterocycles. The highest BCUT2D eigenvalue weighted by molar-refractivity contribution is 5.74. The summed E-state index contributed by atoms with van der Waals surface area (Å²) in [5.41, 5.74) is -1.16. The molecule has 1 amide bonds. The molecule has 4 nitrogen and oxygen atoms in total. The van der Waals surface area contributed by atoms with Crippen LogP contribution >= 0.6 is 0 Å². The lowest BCUT2D eigenvalue weighted by molar-refractivity contribution is -0.314. The predicted molar refractivity (Wildman–Crippen MR) is 66.6 cm³/mol. The van der Waals surface area contributed by atoms with Gasteiger partial charge in [-0.25, -0.2) is 0 Å². The number of halogens is 6. The quantitative estimate of drug-likeness (QED) is 0.452. The summed E-state index contributed by atoms with van der Waals surface area (Å²) < 4.78 is 78.0. The minimum absolute atomic E-state index is 0.00530. The van der Waals surface area contributed by atoms with Crippen molar-refractivity contribution in [1.82, 2.24) is 10.7 Å². The van der Waals surface area contributed by atoms with Crippen LogP contribution in [-0.4, -0.2) is 23.9 Å². The van der Waals surface area contributed by atoms with Crippen molar-refractivity contribution < 1.29 is 31.1 Å². The first-order valence-electron chi connectivity index (χ1n) is 5.92. The molecule has 1 rings (SSSR count). The molecular formula is C12H13F6N3O. The number of para-hydroxylation sites is 1. The van der Waals surface area contributed by atoms with E-state index in [1.807, 2.05) is 5.43 Å². The molecule has 0 aliphatic carbocycles. The highest BCUT2D eigenvalue weighted by Crippen LogP contribution is 2.41. The van der Waals surface area contributed by atoms with Gasteiger partial charge in [0.05, 0.1) is 5.69 Å². The van der Waals surface area contributed by atoms with Crippen LogP contribution in [0.4, 0.5) is 32.0 Å². The van der Waals surface area contributed by atoms with Crippen LogP contribution in [0.3, 0.4) is 0 Å². The van der Waals surface area contributed by atoms with Crippen molar-refractivity contribution in [3.8, 4) is 0 Å². The van der Waals surface area contributed by atoms with Gasteiger partial charge < -0.3 is 10.7 Å². The largest absolute Gasteiger partial charge is 0.436 e. The molecule has 0 saturated carbocycles. The van der Waals surface area contributed by atoms with E-state index in [-0.39, 0.29) is 5.69 Å². The number of anilines is 1. The standard InChI is InChI=1S/C12H13F6N3O/c1-7-5-3-4-6-9(7)20-21-10(11(13,14)15,12(16,17)18)19-8(2)22/h3-6,20-21H,1-2H3,(H,19,22). The van der Waals surface area contributed by atoms with Crippen LogP contribution in [-0.2, 0) is 4.79 Å². The van der Waals surface area contributed by atoms with Gasteiger partial charge in [-0.1, -0.05) is 18.2 Å². The molecule has 1 aromatic carbocycles. The lowest BCUT2D eigenvalue weighted by Gasteiger charge is -2.38. The normalized spacial score (nSPS) is 12.9. The van der Waals surface area contributed by atoms with Gasteiger partial charge in [0.15, 0.2) is 0 Å². The van der Waals surface area contributed by atoms with Crippen molar-refractivity contribution >= 4 is 11.6 Å². The van der Waals surface area contributed by atoms with Crippen LogP contribution in [0.2, 0.25) is 0 Å². The molecular weight excluding hydrogens is 316 g/mol. The molecule has 3 N–H and O–H groups in total. The summed E-state index contributed by atoms with van der Waals surface area (Å²) in [6.45, 7) is 2.05. The molecule has 10 heteroatoms. The maximum Gasteiger partial charge on any atom is 0.436 e. The van der Waals surface area contributed by atoms with Crippen LogP contribution in [0.5, 0.6) is 0 Å². The third kappa shape index (κ3) is 3.62. The van der Waals surface area contributed by atoms with Crippen molar-refractivity contribution in [1.29, 1.82) is 0 Å². The number of carbonyl (C=O) groups is 1. The van der Waals surface area contributed by atoms with Crippen molar-refractivity contribution in [3.63, 3.8) is 0 Å². The average Bonchev–Trinajstić information content (AvgIpc) is 2.32. The van der Waals surface area contributed by atoms with Crippen molar-refractivity contribution in [2.24, 2.45) is 0 Å². The zero-order chi connectivity index (χ0) is 17.2. The highest BCUT2D eigenvalue weighted by Gasteiger charge is 2.72. The van der Waals surface area contributed by atoms with Gasteiger partial charge in [0.1, 0.15) is 0 Å². The maximum atomic E-state index is 13.0. The third-order valence-corrected chi connectivity index (χ3v) is 2.74. The lowest BCUT2D eigenvalue weighted by Crippen LogP contribution is -2.76. The number of nitrogens with one attached hydrogen (secondary N) is 3. The summed E-state index contributed by atoms with van der Waals surface area (Å²) in [5, 5.41) is 0.900. The van der Waals surface area contributed by atoms with E-state index in [0.717, 1.165) is 5.32 Å². The number of rotatable bonds is 4. The molecule has 0 unspecified atom stereocenters. The van der Waals surface area contributed by atoms with Crippen LogP contribution in [0.15, 0.2) is 24.3 Å². The number of amides is 1. The minimum Gasteiger partial charge on any atom is -0.322 e. The maximum absolute atomic E-state index is 13.0. The Labute approximate surface area is 121 Å². The summed E-state index contributed by atoms with van der Waals surface area (Å²) in [4.78, 5) is 10.9. The van der Waals surface area contributed by atoms with Crippen molar-refractivity contribution in [3.05, 3.63) is 29.8 Å². The van der Waals surface area contributed by atoms with Gasteiger partial charge in [-0.2, -0.15) is 31.8 Å². The smallest absolute Gasteiger partial charge is 0.322 e. The molecule has 0 bridgehead atoms. The monoisotopic (exact) mass is 329 g/mol. The fourth-order valence-corrected chi connectivity index (χ4v) is 1.61. The molecule has 0 radical (unpaired) electrons. The summed E-state index contributed by atoms with van der Waals surface area (Å²) in [5.74, 6) is -1.49. The molecule has 0 spiro atoms. The van der Waals surface area contributed by atoms with E-state index < -0.39 is 23.9 Å². The van der Waals surface area contributed by atoms with Gasteiger partial charge >= 0.3 is 18.0 Å². The van der Waals surface area contributed by atoms with Crippen LogP contribution < -0.4 is 16.2 Å². The Hall–Kier alpha value is -1.97. The molecule has 124 valence electrons. The van der Waals surface area contributed by atoms with E-state index >= 15 is 0 Å². The fraction of sp³-hybridized carbons (Fsp3) is 0.417. The Morgan fingerprint density at radius 2 is 1.50 bits per heavy atom. The number of benzene rings is 1. The number of hydrogen-bond acceptors (Lipinski definition) is 3. The fourth-order valence-electron chi connectivity index (χ4n) is 1.61. The lowest BCUT2D eigenvalue weighted by atomic mass is 10.1. The third-order valence-electron chi connectivity index (χ3n) is 2.74. The second-order valence-electron chi connectivity index (χ2n) is 4.49. The van der Waals surface area contributed by atoms with Gasteiger partial charge in [0.25, 0.3) is 0 Å². The van der Waals surface area contributed by atoms with E-state index in [4.69, 9.17) is 0 Å². The topological polar surface area (TPSA) is 53.2 Å². The molecule has 22 heavy (non-hydrogen) atoms. The average molecular weight is 329 g/mol. The second kappa shape index (κ2) is 6.03. The molecule has 0 aromatic heterocycles. The van der Waals surface area contributed by atoms with Gasteiger partial charge in [-0.3, -0.25) is 4.79 Å². The first-order chi connectivity index (χ1) is 9.91. The number of hydrogen-bond donors (Lipinski definition) is 3. The highest BCUT2D eigenvalue weighted by atomic mass is 19.4. The summed E-state index contributed by atoms with van der Waals surface area (Å²) in [6, 6.07) is 5.77. The van der Waals surface area contributed by atoms with Crippen LogP contribution in [0.25, 0.3) is 0 Å². The Bertz CT molecular complexity index is 526. The van der Waals surface area contributed by atoms with Crippen LogP contribution in [0, 0.1) is 6.92 Å². The Morgan fingerprint density at radius 3 is 1.91 bits per heavy atom. The first-order valence-corrected chi connectivity index (χ1v) is 5.92. The first kappa shape index (κ1) is 18.1. The van der Waals surface area contributed by atoms with E-state index in [1.54, 1.807) is 6.07 Å². The van der Waals surface area contributed by atoms with E-state index in [1.165, 1.54) is 30.5 Å². The summed E-state index contributed by atoms with van der Waals surface area (Å²) >= 11 is 0. The predicted octanol–water partition coefficient (Wildman–Crippen LogP) is 2.87. The molecule has 0 fully saturated rings. The van der Waals surface area contributed by atoms with Gasteiger partial charge in [0.2, 0.25) is 5.91 Å². The number of hydrazine groups is 1. The SMILES string of the molecule is CC(=O)NC(NNc1ccccc1C)(C(F)(F)F)C(F)(F)F. The Balaban J connectivity index is 3.20. The zero-order valence-electron chi connectivity index (χ0n) is 11.5. The molecule has 0 aliphatic rings. The van der Waals surface area contributed by atoms with Gasteiger partial charge in [-0.05, 0) is 18.6 Å². The number of aryl methyl sites for hydroxylation is 1. The van der Waals surface area contributed by atoms with Crippen molar-refractivity contribution in [2.75, 3.05) is 5.43 Å². The van der Waals surface area contributed by atoms with Crippen molar-refractivity contribution in [2.45, 2.75) is 31.9 Å². The van der Waals surface area contributed by atoms with Crippen LogP contribution in [0.1, 0.15) is 12.5 Å². The van der Waals surface area contributed by atoms with E-state index in [2.05, 4.69) is 0 Å². The second-order valence-corrected chi connectivity index (χ2v) is 4.49. The number of carbonyl (C=O) groups excluding carboxylic acids is 1. The van der Waals surface area contributed by atoms with E-state index in [9.17, 15) is 31.1 Å². The zero-order valence-corrected chi connectivity index (χ0v) is 11.5. The summed E-state index contributed by atoms with van der Waals surface area (Å²) in [7, 11) is 0. The molecule has 0 saturated heterocycles. The summed E-state index contributed by atoms with van der Waals surface area (Å²) in [6.07, 6.45) is -11.7. The minimum atomic E-state index is -5.83. The van der Waals surface area contributed by atoms with E-state index in [0.29, 0.717) is 12.5 Å². The Kier molecular flexibility index (Phi) is 4.96.